The molecule has 0 aromatic heterocycles. The van der Waals surface area contributed by atoms with E-state index in [1.165, 1.54) is 0 Å². The van der Waals surface area contributed by atoms with Gasteiger partial charge in [0.25, 0.3) is 0 Å². The van der Waals surface area contributed by atoms with Gasteiger partial charge in [-0.05, 0) is 57.1 Å². The number of carbonyl (C=O) groups is 5. The van der Waals surface area contributed by atoms with E-state index in [4.69, 9.17) is 26.4 Å². The Hall–Kier alpha value is -4.09. The van der Waals surface area contributed by atoms with Gasteiger partial charge in [0, 0.05) is 30.5 Å². The molecule has 0 bridgehead atoms. The number of nitrogens with two attached hydrogens (primary N) is 1. The minimum atomic E-state index is -1.14. The molecule has 214 valence electrons. The van der Waals surface area contributed by atoms with Crippen LogP contribution in [0.2, 0.25) is 0 Å². The number of amides is 2. The second-order valence-corrected chi connectivity index (χ2v) is 9.29. The summed E-state index contributed by atoms with van der Waals surface area (Å²) < 4.78 is 5.14. The molecular weight excluding hydrogens is 506 g/mol. The van der Waals surface area contributed by atoms with Crippen molar-refractivity contribution in [2.75, 3.05) is 6.61 Å². The molecule has 0 unspecified atom stereocenters. The highest BCUT2D eigenvalue weighted by Gasteiger charge is 2.23. The molecule has 0 spiro atoms. The highest BCUT2D eigenvalue weighted by atomic mass is 16.5. The summed E-state index contributed by atoms with van der Waals surface area (Å²) in [6, 6.07) is 5.30. The smallest absolute Gasteiger partial charge is 0.407 e. The van der Waals surface area contributed by atoms with E-state index in [1.807, 2.05) is 6.07 Å². The van der Waals surface area contributed by atoms with E-state index in [-0.39, 0.29) is 38.1 Å². The standard InChI is InChI=1S/C27H39N5O7/c1-18(28)6-2-3-10-21(17-33)31-24(35)13-12-23(34)22(11-14-25(36)37)32-27(38)39-15-5-8-19-7-4-9-20(16-19)26(29)30/h4,7,9,16-17,21-22,28H,2-3,5-6,8,10-15H2,1H3,(H3,29,30)(H,31,35)(H,32,38)(H,36,37)/t21-,22-/m0/s1. The van der Waals surface area contributed by atoms with Crippen LogP contribution in [0, 0.1) is 10.8 Å². The van der Waals surface area contributed by atoms with Crippen LogP contribution in [0.15, 0.2) is 24.3 Å². The molecule has 2 amide bonds. The Morgan fingerprint density at radius 3 is 2.41 bits per heavy atom. The van der Waals surface area contributed by atoms with Crippen LogP contribution in [0.3, 0.4) is 0 Å². The molecule has 0 fully saturated rings. The van der Waals surface area contributed by atoms with Gasteiger partial charge in [0.1, 0.15) is 12.1 Å². The first-order valence-corrected chi connectivity index (χ1v) is 12.9. The van der Waals surface area contributed by atoms with Crippen molar-refractivity contribution in [1.29, 1.82) is 10.8 Å². The number of aldehydes is 1. The van der Waals surface area contributed by atoms with Gasteiger partial charge in [0.05, 0.1) is 18.7 Å². The highest BCUT2D eigenvalue weighted by Crippen LogP contribution is 2.09. The van der Waals surface area contributed by atoms with Gasteiger partial charge < -0.3 is 36.4 Å². The number of Topliss-reactive ketones (excluding diaryl/α,β-unsaturated/α-hetero) is 1. The fraction of sp³-hybridized carbons (Fsp3) is 0.519. The van der Waals surface area contributed by atoms with Crippen LogP contribution in [0.4, 0.5) is 4.79 Å². The number of rotatable bonds is 20. The molecule has 12 heteroatoms. The van der Waals surface area contributed by atoms with Gasteiger partial charge in [-0.25, -0.2) is 4.79 Å². The number of unbranched alkanes of at least 4 members (excludes halogenated alkanes) is 1. The third-order valence-electron chi connectivity index (χ3n) is 5.83. The van der Waals surface area contributed by atoms with E-state index in [0.29, 0.717) is 49.7 Å². The fourth-order valence-electron chi connectivity index (χ4n) is 3.72. The molecule has 39 heavy (non-hydrogen) atoms. The minimum Gasteiger partial charge on any atom is -0.481 e. The number of amidine groups is 1. The Morgan fingerprint density at radius 2 is 1.77 bits per heavy atom. The number of carboxylic acid groups (broad SMARTS) is 1. The van der Waals surface area contributed by atoms with Crippen LogP contribution in [-0.4, -0.2) is 65.4 Å². The summed E-state index contributed by atoms with van der Waals surface area (Å²) in [4.78, 5) is 59.4. The number of benzene rings is 1. The van der Waals surface area contributed by atoms with Crippen molar-refractivity contribution < 1.29 is 33.8 Å². The molecule has 1 aromatic carbocycles. The van der Waals surface area contributed by atoms with E-state index in [1.54, 1.807) is 25.1 Å². The number of hydrogen-bond acceptors (Lipinski definition) is 8. The van der Waals surface area contributed by atoms with Crippen molar-refractivity contribution in [2.45, 2.75) is 83.2 Å². The number of carboxylic acids is 1. The number of aliphatic carboxylic acids is 1. The third-order valence-corrected chi connectivity index (χ3v) is 5.83. The van der Waals surface area contributed by atoms with E-state index in [9.17, 15) is 24.0 Å². The van der Waals surface area contributed by atoms with Crippen molar-refractivity contribution in [3.63, 3.8) is 0 Å². The van der Waals surface area contributed by atoms with Gasteiger partial charge in [-0.3, -0.25) is 19.8 Å². The van der Waals surface area contributed by atoms with Crippen LogP contribution in [0.5, 0.6) is 0 Å². The zero-order chi connectivity index (χ0) is 29.2. The van der Waals surface area contributed by atoms with Gasteiger partial charge >= 0.3 is 12.1 Å². The van der Waals surface area contributed by atoms with Crippen molar-refractivity contribution in [3.8, 4) is 0 Å². The number of aryl methyl sites for hydroxylation is 1. The lowest BCUT2D eigenvalue weighted by atomic mass is 10.0. The number of nitrogen functional groups attached to an aromatic ring is 1. The molecule has 1 aromatic rings. The molecular formula is C27H39N5O7. The first-order valence-electron chi connectivity index (χ1n) is 12.9. The quantitative estimate of drug-likeness (QED) is 0.0618. The summed E-state index contributed by atoms with van der Waals surface area (Å²) in [6.07, 6.45) is 2.24. The summed E-state index contributed by atoms with van der Waals surface area (Å²) in [7, 11) is 0. The Morgan fingerprint density at radius 1 is 1.03 bits per heavy atom. The van der Waals surface area contributed by atoms with Gasteiger partial charge in [-0.15, -0.1) is 0 Å². The molecule has 0 aliphatic carbocycles. The normalized spacial score (nSPS) is 12.0. The maximum Gasteiger partial charge on any atom is 0.407 e. The van der Waals surface area contributed by atoms with Gasteiger partial charge in [0.15, 0.2) is 5.78 Å². The lowest BCUT2D eigenvalue weighted by molar-refractivity contribution is -0.137. The SMILES string of the molecule is CC(=N)CCCC[C@@H](C=O)NC(=O)CCC(=O)[C@H](CCC(=O)O)NC(=O)OCCCc1cccc(C(=N)N)c1. The Balaban J connectivity index is 2.51. The largest absolute Gasteiger partial charge is 0.481 e. The van der Waals surface area contributed by atoms with Gasteiger partial charge in [-0.1, -0.05) is 24.6 Å². The van der Waals surface area contributed by atoms with Crippen LogP contribution in [0.1, 0.15) is 75.8 Å². The third kappa shape index (κ3) is 15.0. The minimum absolute atomic E-state index is 0.0455. The summed E-state index contributed by atoms with van der Waals surface area (Å²) >= 11 is 0. The summed E-state index contributed by atoms with van der Waals surface area (Å²) in [5.74, 6) is -2.21. The predicted molar refractivity (Wildman–Crippen MR) is 145 cm³/mol. The van der Waals surface area contributed by atoms with E-state index in [0.717, 1.165) is 12.0 Å². The monoisotopic (exact) mass is 545 g/mol. The Labute approximate surface area is 228 Å². The number of carbonyl (C=O) groups excluding carboxylic acids is 4. The number of ketones is 1. The molecule has 7 N–H and O–H groups in total. The Bertz CT molecular complexity index is 1030. The average Bonchev–Trinajstić information content (AvgIpc) is 2.89. The van der Waals surface area contributed by atoms with E-state index < -0.39 is 35.8 Å². The topological polar surface area (TPSA) is 213 Å². The van der Waals surface area contributed by atoms with Gasteiger partial charge in [0.2, 0.25) is 5.91 Å². The second-order valence-electron chi connectivity index (χ2n) is 9.29. The lowest BCUT2D eigenvalue weighted by Gasteiger charge is -2.17. The predicted octanol–water partition coefficient (Wildman–Crippen LogP) is 2.50. The second kappa shape index (κ2) is 18.2. The van der Waals surface area contributed by atoms with E-state index in [2.05, 4.69) is 10.6 Å². The Kier molecular flexibility index (Phi) is 15.4. The number of alkyl carbamates (subject to hydrolysis) is 1. The fourth-order valence-corrected chi connectivity index (χ4v) is 3.72. The summed E-state index contributed by atoms with van der Waals surface area (Å²) in [5, 5.41) is 28.8. The van der Waals surface area contributed by atoms with Crippen molar-refractivity contribution in [2.24, 2.45) is 5.73 Å². The molecule has 12 nitrogen and oxygen atoms in total. The van der Waals surface area contributed by atoms with Crippen LogP contribution < -0.4 is 16.4 Å². The van der Waals surface area contributed by atoms with Crippen molar-refractivity contribution in [1.82, 2.24) is 10.6 Å². The van der Waals surface area contributed by atoms with Crippen molar-refractivity contribution >= 4 is 41.6 Å². The maximum absolute atomic E-state index is 12.7. The maximum atomic E-state index is 12.7. The summed E-state index contributed by atoms with van der Waals surface area (Å²) in [5.41, 5.74) is 7.54. The zero-order valence-electron chi connectivity index (χ0n) is 22.3. The average molecular weight is 546 g/mol. The zero-order valence-corrected chi connectivity index (χ0v) is 22.3. The first kappa shape index (κ1) is 32.9. The number of hydrogen-bond donors (Lipinski definition) is 6. The molecule has 0 saturated heterocycles. The molecule has 0 aliphatic rings. The van der Waals surface area contributed by atoms with Crippen LogP contribution in [-0.2, 0) is 30.3 Å². The van der Waals surface area contributed by atoms with E-state index >= 15 is 0 Å². The highest BCUT2D eigenvalue weighted by molar-refractivity contribution is 5.95. The van der Waals surface area contributed by atoms with Gasteiger partial charge in [-0.2, -0.15) is 0 Å². The lowest BCUT2D eigenvalue weighted by Crippen LogP contribution is -2.42. The molecule has 0 aliphatic heterocycles. The first-order chi connectivity index (χ1) is 18.5. The molecule has 0 radical (unpaired) electrons. The molecule has 0 heterocycles. The molecule has 2 atom stereocenters. The molecule has 0 saturated carbocycles. The van der Waals surface area contributed by atoms with Crippen LogP contribution in [0.25, 0.3) is 0 Å². The number of ether oxygens (including phenoxy) is 1. The van der Waals surface area contributed by atoms with Crippen LogP contribution >= 0.6 is 0 Å². The molecule has 1 rings (SSSR count). The number of nitrogens with one attached hydrogen (secondary N) is 4. The summed E-state index contributed by atoms with van der Waals surface area (Å²) in [6.45, 7) is 1.75. The van der Waals surface area contributed by atoms with Crippen molar-refractivity contribution in [3.05, 3.63) is 35.4 Å².